The number of nitrogens with one attached hydrogen (secondary N) is 1. The summed E-state index contributed by atoms with van der Waals surface area (Å²) in [7, 11) is 0. The predicted octanol–water partition coefficient (Wildman–Crippen LogP) is 1.77. The van der Waals surface area contributed by atoms with Crippen LogP contribution in [0.25, 0.3) is 0 Å². The molecule has 18 heavy (non-hydrogen) atoms. The molecule has 0 bridgehead atoms. The number of thiazole rings is 1. The van der Waals surface area contributed by atoms with Crippen molar-refractivity contribution in [3.63, 3.8) is 0 Å². The highest BCUT2D eigenvalue weighted by molar-refractivity contribution is 7.15. The Kier molecular flexibility index (Phi) is 4.01. The van der Waals surface area contributed by atoms with Crippen molar-refractivity contribution in [2.45, 2.75) is 6.42 Å². The third kappa shape index (κ3) is 3.35. The van der Waals surface area contributed by atoms with Crippen LogP contribution in [0.2, 0.25) is 0 Å². The SMILES string of the molecule is NCC(=O)Nc1ncc(Cc2ccc(F)cc2)s1. The van der Waals surface area contributed by atoms with E-state index in [1.165, 1.54) is 23.5 Å². The molecule has 1 amide bonds. The van der Waals surface area contributed by atoms with E-state index in [4.69, 9.17) is 5.73 Å². The summed E-state index contributed by atoms with van der Waals surface area (Å²) in [6, 6.07) is 6.31. The fourth-order valence-electron chi connectivity index (χ4n) is 1.42. The molecule has 6 heteroatoms. The number of aromatic nitrogens is 1. The van der Waals surface area contributed by atoms with Crippen molar-refractivity contribution in [3.05, 3.63) is 46.7 Å². The molecule has 0 saturated carbocycles. The Morgan fingerprint density at radius 1 is 1.39 bits per heavy atom. The first kappa shape index (κ1) is 12.7. The molecule has 3 N–H and O–H groups in total. The van der Waals surface area contributed by atoms with Crippen LogP contribution in [0.3, 0.4) is 0 Å². The Morgan fingerprint density at radius 2 is 2.11 bits per heavy atom. The maximum atomic E-state index is 12.7. The molecule has 0 aliphatic carbocycles. The second-order valence-electron chi connectivity index (χ2n) is 3.69. The van der Waals surface area contributed by atoms with Crippen molar-refractivity contribution < 1.29 is 9.18 Å². The van der Waals surface area contributed by atoms with Gasteiger partial charge in [0.05, 0.1) is 6.54 Å². The van der Waals surface area contributed by atoms with E-state index in [-0.39, 0.29) is 18.3 Å². The predicted molar refractivity (Wildman–Crippen MR) is 69.0 cm³/mol. The van der Waals surface area contributed by atoms with Crippen LogP contribution in [0.15, 0.2) is 30.5 Å². The van der Waals surface area contributed by atoms with E-state index in [0.29, 0.717) is 11.6 Å². The summed E-state index contributed by atoms with van der Waals surface area (Å²) < 4.78 is 12.7. The van der Waals surface area contributed by atoms with Crippen LogP contribution in [-0.4, -0.2) is 17.4 Å². The number of benzene rings is 1. The van der Waals surface area contributed by atoms with Gasteiger partial charge in [-0.25, -0.2) is 9.37 Å². The van der Waals surface area contributed by atoms with E-state index in [1.54, 1.807) is 18.3 Å². The van der Waals surface area contributed by atoms with Gasteiger partial charge in [-0.2, -0.15) is 0 Å². The molecule has 1 aromatic heterocycles. The first-order valence-corrected chi connectivity index (χ1v) is 6.18. The van der Waals surface area contributed by atoms with Gasteiger partial charge in [0.15, 0.2) is 5.13 Å². The number of anilines is 1. The maximum absolute atomic E-state index is 12.7. The fraction of sp³-hybridized carbons (Fsp3) is 0.167. The molecule has 94 valence electrons. The molecule has 0 fully saturated rings. The summed E-state index contributed by atoms with van der Waals surface area (Å²) in [6.07, 6.45) is 2.36. The van der Waals surface area contributed by atoms with Crippen molar-refractivity contribution in [1.82, 2.24) is 4.98 Å². The van der Waals surface area contributed by atoms with Crippen LogP contribution in [0.4, 0.5) is 9.52 Å². The second kappa shape index (κ2) is 5.70. The molecule has 1 heterocycles. The Bertz CT molecular complexity index is 539. The zero-order valence-corrected chi connectivity index (χ0v) is 10.3. The van der Waals surface area contributed by atoms with Gasteiger partial charge >= 0.3 is 0 Å². The fourth-order valence-corrected chi connectivity index (χ4v) is 2.28. The van der Waals surface area contributed by atoms with Gasteiger partial charge in [0.1, 0.15) is 5.82 Å². The van der Waals surface area contributed by atoms with Gasteiger partial charge in [-0.05, 0) is 17.7 Å². The van der Waals surface area contributed by atoms with E-state index in [1.807, 2.05) is 0 Å². The maximum Gasteiger partial charge on any atom is 0.239 e. The minimum atomic E-state index is -0.266. The number of nitrogens with zero attached hydrogens (tertiary/aromatic N) is 1. The number of hydrogen-bond acceptors (Lipinski definition) is 4. The molecular weight excluding hydrogens is 253 g/mol. The molecule has 0 atom stereocenters. The largest absolute Gasteiger partial charge is 0.322 e. The van der Waals surface area contributed by atoms with Gasteiger partial charge in [0, 0.05) is 17.5 Å². The second-order valence-corrected chi connectivity index (χ2v) is 4.80. The standard InChI is InChI=1S/C12H12FN3OS/c13-9-3-1-8(2-4-9)5-10-7-15-12(18-10)16-11(17)6-14/h1-4,7H,5-6,14H2,(H,15,16,17). The summed E-state index contributed by atoms with van der Waals surface area (Å²) in [5.74, 6) is -0.517. The molecule has 0 spiro atoms. The van der Waals surface area contributed by atoms with Gasteiger partial charge < -0.3 is 11.1 Å². The lowest BCUT2D eigenvalue weighted by Crippen LogP contribution is -2.21. The van der Waals surface area contributed by atoms with E-state index in [9.17, 15) is 9.18 Å². The lowest BCUT2D eigenvalue weighted by molar-refractivity contribution is -0.114. The van der Waals surface area contributed by atoms with Crippen LogP contribution in [0, 0.1) is 5.82 Å². The minimum Gasteiger partial charge on any atom is -0.322 e. The van der Waals surface area contributed by atoms with Gasteiger partial charge in [0.25, 0.3) is 0 Å². The number of hydrogen-bond donors (Lipinski definition) is 2. The molecular formula is C12H12FN3OS. The van der Waals surface area contributed by atoms with Gasteiger partial charge in [-0.1, -0.05) is 12.1 Å². The van der Waals surface area contributed by atoms with Crippen LogP contribution >= 0.6 is 11.3 Å². The lowest BCUT2D eigenvalue weighted by Gasteiger charge is -1.98. The molecule has 4 nitrogen and oxygen atoms in total. The Labute approximate surface area is 108 Å². The summed E-state index contributed by atoms with van der Waals surface area (Å²) >= 11 is 1.38. The number of nitrogens with two attached hydrogens (primary N) is 1. The van der Waals surface area contributed by atoms with Crippen molar-refractivity contribution in [2.75, 3.05) is 11.9 Å². The third-order valence-electron chi connectivity index (χ3n) is 2.28. The molecule has 0 radical (unpaired) electrons. The molecule has 0 unspecified atom stereocenters. The molecule has 0 aliphatic rings. The Morgan fingerprint density at radius 3 is 2.78 bits per heavy atom. The first-order valence-electron chi connectivity index (χ1n) is 5.36. The minimum absolute atomic E-state index is 0.0626. The first-order chi connectivity index (χ1) is 8.67. The molecule has 0 aliphatic heterocycles. The summed E-state index contributed by atoms with van der Waals surface area (Å²) in [6.45, 7) is -0.0626. The average molecular weight is 265 g/mol. The molecule has 2 rings (SSSR count). The van der Waals surface area contributed by atoms with E-state index < -0.39 is 0 Å². The molecule has 1 aromatic carbocycles. The van der Waals surface area contributed by atoms with Crippen molar-refractivity contribution in [1.29, 1.82) is 0 Å². The summed E-state index contributed by atoms with van der Waals surface area (Å²) in [5.41, 5.74) is 6.19. The van der Waals surface area contributed by atoms with Crippen molar-refractivity contribution in [2.24, 2.45) is 5.73 Å². The van der Waals surface area contributed by atoms with E-state index >= 15 is 0 Å². The van der Waals surface area contributed by atoms with E-state index in [2.05, 4.69) is 10.3 Å². The zero-order chi connectivity index (χ0) is 13.0. The molecule has 0 saturated heterocycles. The van der Waals surface area contributed by atoms with Crippen LogP contribution in [0.1, 0.15) is 10.4 Å². The summed E-state index contributed by atoms with van der Waals surface area (Å²) in [5, 5.41) is 3.12. The summed E-state index contributed by atoms with van der Waals surface area (Å²) in [4.78, 5) is 16.1. The quantitative estimate of drug-likeness (QED) is 0.885. The highest BCUT2D eigenvalue weighted by atomic mass is 32.1. The van der Waals surface area contributed by atoms with Gasteiger partial charge in [-0.15, -0.1) is 11.3 Å². The van der Waals surface area contributed by atoms with E-state index in [0.717, 1.165) is 10.4 Å². The van der Waals surface area contributed by atoms with Crippen LogP contribution in [-0.2, 0) is 11.2 Å². The molecule has 2 aromatic rings. The van der Waals surface area contributed by atoms with Crippen LogP contribution < -0.4 is 11.1 Å². The monoisotopic (exact) mass is 265 g/mol. The number of halogens is 1. The number of amides is 1. The Hall–Kier alpha value is -1.79. The highest BCUT2D eigenvalue weighted by Crippen LogP contribution is 2.21. The van der Waals surface area contributed by atoms with Crippen molar-refractivity contribution in [3.8, 4) is 0 Å². The normalized spacial score (nSPS) is 10.3. The number of carbonyl (C=O) groups excluding carboxylic acids is 1. The number of rotatable bonds is 4. The lowest BCUT2D eigenvalue weighted by atomic mass is 10.1. The topological polar surface area (TPSA) is 68.0 Å². The van der Waals surface area contributed by atoms with Gasteiger partial charge in [-0.3, -0.25) is 4.79 Å². The van der Waals surface area contributed by atoms with Gasteiger partial charge in [0.2, 0.25) is 5.91 Å². The average Bonchev–Trinajstić information content (AvgIpc) is 2.79. The number of carbonyl (C=O) groups is 1. The highest BCUT2D eigenvalue weighted by Gasteiger charge is 2.05. The van der Waals surface area contributed by atoms with Crippen molar-refractivity contribution >= 4 is 22.4 Å². The Balaban J connectivity index is 2.02. The third-order valence-corrected chi connectivity index (χ3v) is 3.19. The smallest absolute Gasteiger partial charge is 0.239 e. The van der Waals surface area contributed by atoms with Crippen LogP contribution in [0.5, 0.6) is 0 Å². The zero-order valence-electron chi connectivity index (χ0n) is 9.52.